The third kappa shape index (κ3) is 2.69. The summed E-state index contributed by atoms with van der Waals surface area (Å²) >= 11 is 0. The van der Waals surface area contributed by atoms with Crippen molar-refractivity contribution in [1.29, 1.82) is 0 Å². The average molecular weight is 327 g/mol. The van der Waals surface area contributed by atoms with Gasteiger partial charge in [-0.05, 0) is 20.8 Å². The zero-order chi connectivity index (χ0) is 16.8. The van der Waals surface area contributed by atoms with Crippen molar-refractivity contribution in [2.24, 2.45) is 0 Å². The largest absolute Gasteiger partial charge is 0.461 e. The number of aliphatic hydroxyl groups excluding tert-OH is 1. The van der Waals surface area contributed by atoms with E-state index in [1.54, 1.807) is 20.8 Å². The SMILES string of the molecule is CCOC(=O)c1ncn([C@@H]2O[C@H](CO)[C@H]3OC(C)(C)O[C@@H]32)c1N. The van der Waals surface area contributed by atoms with Crippen LogP contribution in [0.3, 0.4) is 0 Å². The van der Waals surface area contributed by atoms with Crippen LogP contribution in [0.1, 0.15) is 37.5 Å². The monoisotopic (exact) mass is 327 g/mol. The van der Waals surface area contributed by atoms with E-state index in [0.717, 1.165) is 0 Å². The predicted octanol–water partition coefficient (Wildman–Crippen LogP) is 0.0518. The lowest BCUT2D eigenvalue weighted by Gasteiger charge is -2.24. The van der Waals surface area contributed by atoms with E-state index >= 15 is 0 Å². The van der Waals surface area contributed by atoms with E-state index < -0.39 is 36.3 Å². The van der Waals surface area contributed by atoms with Gasteiger partial charge in [-0.25, -0.2) is 9.78 Å². The molecule has 3 N–H and O–H groups in total. The van der Waals surface area contributed by atoms with E-state index in [2.05, 4.69) is 4.98 Å². The van der Waals surface area contributed by atoms with Crippen LogP contribution in [-0.2, 0) is 18.9 Å². The van der Waals surface area contributed by atoms with Crippen molar-refractivity contribution in [3.05, 3.63) is 12.0 Å². The number of carbonyl (C=O) groups excluding carboxylic acids is 1. The minimum atomic E-state index is -0.788. The molecule has 2 aliphatic rings. The molecule has 0 radical (unpaired) electrons. The molecule has 1 aromatic heterocycles. The van der Waals surface area contributed by atoms with Crippen molar-refractivity contribution in [3.8, 4) is 0 Å². The molecule has 1 aromatic rings. The number of rotatable bonds is 4. The van der Waals surface area contributed by atoms with E-state index in [9.17, 15) is 9.90 Å². The van der Waals surface area contributed by atoms with Crippen molar-refractivity contribution >= 4 is 11.8 Å². The minimum absolute atomic E-state index is 0.0256. The summed E-state index contributed by atoms with van der Waals surface area (Å²) in [5.74, 6) is -1.26. The summed E-state index contributed by atoms with van der Waals surface area (Å²) in [6, 6.07) is 0. The molecule has 0 aromatic carbocycles. The summed E-state index contributed by atoms with van der Waals surface area (Å²) in [6.07, 6.45) is -0.673. The topological polar surface area (TPSA) is 118 Å². The van der Waals surface area contributed by atoms with Crippen molar-refractivity contribution < 1.29 is 28.8 Å². The maximum atomic E-state index is 11.8. The number of imidazole rings is 1. The summed E-state index contributed by atoms with van der Waals surface area (Å²) in [7, 11) is 0. The van der Waals surface area contributed by atoms with Crippen molar-refractivity contribution in [2.75, 3.05) is 18.9 Å². The molecular formula is C14H21N3O6. The fraction of sp³-hybridized carbons (Fsp3) is 0.714. The number of fused-ring (bicyclic) bond motifs is 1. The van der Waals surface area contributed by atoms with Gasteiger partial charge in [0.25, 0.3) is 0 Å². The molecule has 0 aliphatic carbocycles. The summed E-state index contributed by atoms with van der Waals surface area (Å²) < 4.78 is 23.9. The van der Waals surface area contributed by atoms with Gasteiger partial charge in [0.15, 0.2) is 17.7 Å². The maximum absolute atomic E-state index is 11.8. The average Bonchev–Trinajstić information content (AvgIpc) is 3.10. The van der Waals surface area contributed by atoms with E-state index in [0.29, 0.717) is 0 Å². The Balaban J connectivity index is 1.89. The Morgan fingerprint density at radius 2 is 2.17 bits per heavy atom. The third-order valence-electron chi connectivity index (χ3n) is 3.88. The first-order valence-corrected chi connectivity index (χ1v) is 7.49. The van der Waals surface area contributed by atoms with Crippen LogP contribution in [0.5, 0.6) is 0 Å². The second-order valence-corrected chi connectivity index (χ2v) is 5.92. The fourth-order valence-electron chi connectivity index (χ4n) is 2.96. The molecule has 9 heteroatoms. The zero-order valence-electron chi connectivity index (χ0n) is 13.3. The molecule has 0 unspecified atom stereocenters. The number of carbonyl (C=O) groups is 1. The Hall–Kier alpha value is -1.68. The highest BCUT2D eigenvalue weighted by Crippen LogP contribution is 2.43. The van der Waals surface area contributed by atoms with E-state index in [1.165, 1.54) is 10.9 Å². The molecule has 0 bridgehead atoms. The molecule has 4 atom stereocenters. The van der Waals surface area contributed by atoms with Gasteiger partial charge in [0.05, 0.1) is 19.5 Å². The number of hydrogen-bond acceptors (Lipinski definition) is 8. The van der Waals surface area contributed by atoms with Crippen LogP contribution >= 0.6 is 0 Å². The van der Waals surface area contributed by atoms with Crippen LogP contribution in [0, 0.1) is 0 Å². The van der Waals surface area contributed by atoms with Gasteiger partial charge in [0.1, 0.15) is 24.1 Å². The number of nitrogen functional groups attached to an aromatic ring is 1. The molecule has 2 saturated heterocycles. The van der Waals surface area contributed by atoms with Gasteiger partial charge in [-0.1, -0.05) is 0 Å². The molecule has 0 spiro atoms. The first kappa shape index (κ1) is 16.2. The number of aliphatic hydroxyl groups is 1. The predicted molar refractivity (Wildman–Crippen MR) is 77.4 cm³/mol. The molecule has 2 fully saturated rings. The molecule has 0 saturated carbocycles. The van der Waals surface area contributed by atoms with Crippen LogP contribution in [0.25, 0.3) is 0 Å². The summed E-state index contributed by atoms with van der Waals surface area (Å²) in [5, 5.41) is 9.49. The van der Waals surface area contributed by atoms with E-state index in [4.69, 9.17) is 24.7 Å². The number of nitrogens with zero attached hydrogens (tertiary/aromatic N) is 2. The molecule has 2 aliphatic heterocycles. The Bertz CT molecular complexity index is 601. The minimum Gasteiger partial charge on any atom is -0.461 e. The van der Waals surface area contributed by atoms with Crippen molar-refractivity contribution in [2.45, 2.75) is 51.1 Å². The molecular weight excluding hydrogens is 306 g/mol. The number of ether oxygens (including phenoxy) is 4. The van der Waals surface area contributed by atoms with E-state index in [1.807, 2.05) is 0 Å². The first-order chi connectivity index (χ1) is 10.9. The Morgan fingerprint density at radius 3 is 2.83 bits per heavy atom. The van der Waals surface area contributed by atoms with Crippen molar-refractivity contribution in [3.63, 3.8) is 0 Å². The van der Waals surface area contributed by atoms with Gasteiger partial charge in [-0.2, -0.15) is 0 Å². The van der Waals surface area contributed by atoms with Crippen LogP contribution in [-0.4, -0.2) is 57.9 Å². The lowest BCUT2D eigenvalue weighted by Crippen LogP contribution is -2.31. The molecule has 23 heavy (non-hydrogen) atoms. The summed E-state index contributed by atoms with van der Waals surface area (Å²) in [5.41, 5.74) is 6.04. The van der Waals surface area contributed by atoms with E-state index in [-0.39, 0.29) is 24.7 Å². The van der Waals surface area contributed by atoms with Gasteiger partial charge in [0, 0.05) is 0 Å². The highest BCUT2D eigenvalue weighted by atomic mass is 16.8. The number of aromatic nitrogens is 2. The first-order valence-electron chi connectivity index (χ1n) is 7.49. The Kier molecular flexibility index (Phi) is 4.05. The fourth-order valence-corrected chi connectivity index (χ4v) is 2.96. The van der Waals surface area contributed by atoms with Gasteiger partial charge >= 0.3 is 5.97 Å². The lowest BCUT2D eigenvalue weighted by atomic mass is 10.1. The van der Waals surface area contributed by atoms with Crippen LogP contribution < -0.4 is 5.73 Å². The molecule has 128 valence electrons. The van der Waals surface area contributed by atoms with Gasteiger partial charge < -0.3 is 29.8 Å². The van der Waals surface area contributed by atoms with Gasteiger partial charge in [-0.15, -0.1) is 0 Å². The molecule has 9 nitrogen and oxygen atoms in total. The summed E-state index contributed by atoms with van der Waals surface area (Å²) in [4.78, 5) is 15.8. The number of anilines is 1. The van der Waals surface area contributed by atoms with Crippen LogP contribution in [0.2, 0.25) is 0 Å². The van der Waals surface area contributed by atoms with Crippen molar-refractivity contribution in [1.82, 2.24) is 9.55 Å². The molecule has 3 heterocycles. The normalized spacial score (nSPS) is 32.0. The quantitative estimate of drug-likeness (QED) is 0.745. The molecule has 0 amide bonds. The second-order valence-electron chi connectivity index (χ2n) is 5.92. The molecule has 3 rings (SSSR count). The second kappa shape index (κ2) is 5.75. The lowest BCUT2D eigenvalue weighted by molar-refractivity contribution is -0.199. The van der Waals surface area contributed by atoms with Crippen LogP contribution in [0.4, 0.5) is 5.82 Å². The highest BCUT2D eigenvalue weighted by molar-refractivity contribution is 5.92. The summed E-state index contributed by atoms with van der Waals surface area (Å²) in [6.45, 7) is 5.30. The van der Waals surface area contributed by atoms with Crippen LogP contribution in [0.15, 0.2) is 6.33 Å². The third-order valence-corrected chi connectivity index (χ3v) is 3.88. The Morgan fingerprint density at radius 1 is 1.48 bits per heavy atom. The van der Waals surface area contributed by atoms with Gasteiger partial charge in [-0.3, -0.25) is 4.57 Å². The zero-order valence-corrected chi connectivity index (χ0v) is 13.3. The highest BCUT2D eigenvalue weighted by Gasteiger charge is 2.56. The smallest absolute Gasteiger partial charge is 0.360 e. The number of hydrogen-bond donors (Lipinski definition) is 2. The van der Waals surface area contributed by atoms with Gasteiger partial charge in [0.2, 0.25) is 0 Å². The number of nitrogens with two attached hydrogens (primary N) is 1. The Labute approximate surface area is 133 Å². The number of esters is 1. The standard InChI is InChI=1S/C14H21N3O6/c1-4-20-13(19)8-11(15)17(6-16-8)12-10-9(7(5-18)21-12)22-14(2,3)23-10/h6-7,9-10,12,18H,4-5,15H2,1-3H3/t7-,9-,10+,12-/m1/s1. The maximum Gasteiger partial charge on any atom is 0.360 e.